The van der Waals surface area contributed by atoms with Crippen molar-refractivity contribution in [3.05, 3.63) is 23.8 Å². The molecule has 0 radical (unpaired) electrons. The van der Waals surface area contributed by atoms with E-state index in [0.29, 0.717) is 18.9 Å². The lowest BCUT2D eigenvalue weighted by molar-refractivity contribution is 0.249. The van der Waals surface area contributed by atoms with E-state index in [9.17, 15) is 5.11 Å². The second-order valence-electron chi connectivity index (χ2n) is 4.65. The van der Waals surface area contributed by atoms with Crippen molar-refractivity contribution in [3.63, 3.8) is 0 Å². The van der Waals surface area contributed by atoms with Gasteiger partial charge in [-0.2, -0.15) is 0 Å². The summed E-state index contributed by atoms with van der Waals surface area (Å²) in [5.41, 5.74) is 7.03. The van der Waals surface area contributed by atoms with Crippen molar-refractivity contribution in [1.82, 2.24) is 4.90 Å². The van der Waals surface area contributed by atoms with Gasteiger partial charge < -0.3 is 15.6 Å². The van der Waals surface area contributed by atoms with Crippen LogP contribution in [0.1, 0.15) is 31.4 Å². The largest absolute Gasteiger partial charge is 0.504 e. The highest BCUT2D eigenvalue weighted by molar-refractivity contribution is 5.43. The van der Waals surface area contributed by atoms with Crippen molar-refractivity contribution < 1.29 is 9.84 Å². The van der Waals surface area contributed by atoms with Gasteiger partial charge in [0.25, 0.3) is 0 Å². The van der Waals surface area contributed by atoms with E-state index in [4.69, 9.17) is 10.5 Å². The summed E-state index contributed by atoms with van der Waals surface area (Å²) < 4.78 is 5.43. The molecule has 0 aromatic heterocycles. The van der Waals surface area contributed by atoms with Gasteiger partial charge in [-0.15, -0.1) is 0 Å². The molecule has 0 saturated carbocycles. The summed E-state index contributed by atoms with van der Waals surface area (Å²) in [6.07, 6.45) is 2.49. The molecule has 1 aromatic rings. The lowest BCUT2D eigenvalue weighted by atomic mass is 10.0. The van der Waals surface area contributed by atoms with Crippen molar-refractivity contribution in [3.8, 4) is 11.5 Å². The van der Waals surface area contributed by atoms with E-state index in [2.05, 4.69) is 4.90 Å². The van der Waals surface area contributed by atoms with E-state index in [1.165, 1.54) is 12.8 Å². The minimum Gasteiger partial charge on any atom is -0.504 e. The zero-order valence-electron chi connectivity index (χ0n) is 10.9. The minimum absolute atomic E-state index is 0.192. The fourth-order valence-electron chi connectivity index (χ4n) is 2.56. The average Bonchev–Trinajstić information content (AvgIpc) is 2.88. The third-order valence-corrected chi connectivity index (χ3v) is 3.47. The molecule has 1 atom stereocenters. The summed E-state index contributed by atoms with van der Waals surface area (Å²) in [5.74, 6) is 0.741. The summed E-state index contributed by atoms with van der Waals surface area (Å²) in [4.78, 5) is 2.40. The average molecular weight is 250 g/mol. The number of ether oxygens (including phenoxy) is 1. The highest BCUT2D eigenvalue weighted by atomic mass is 16.5. The van der Waals surface area contributed by atoms with Gasteiger partial charge in [0, 0.05) is 12.6 Å². The number of rotatable bonds is 5. The smallest absolute Gasteiger partial charge is 0.161 e. The van der Waals surface area contributed by atoms with Gasteiger partial charge in [-0.3, -0.25) is 4.90 Å². The molecule has 2 rings (SSSR count). The molecule has 4 heteroatoms. The topological polar surface area (TPSA) is 58.7 Å². The molecule has 4 nitrogen and oxygen atoms in total. The molecule has 0 aliphatic carbocycles. The summed E-state index contributed by atoms with van der Waals surface area (Å²) >= 11 is 0. The number of likely N-dealkylation sites (tertiary alicyclic amines) is 1. The van der Waals surface area contributed by atoms with Crippen molar-refractivity contribution in [2.45, 2.75) is 25.8 Å². The lowest BCUT2D eigenvalue weighted by Gasteiger charge is -2.27. The molecule has 1 aromatic carbocycles. The zero-order valence-corrected chi connectivity index (χ0v) is 10.9. The Labute approximate surface area is 108 Å². The van der Waals surface area contributed by atoms with Crippen LogP contribution in [0.25, 0.3) is 0 Å². The SMILES string of the molecule is CCOc1cc(C(CN)N2CCCC2)ccc1O. The molecule has 1 fully saturated rings. The molecule has 1 saturated heterocycles. The van der Waals surface area contributed by atoms with E-state index < -0.39 is 0 Å². The third kappa shape index (κ3) is 2.76. The summed E-state index contributed by atoms with van der Waals surface area (Å²) in [6.45, 7) is 5.26. The van der Waals surface area contributed by atoms with E-state index >= 15 is 0 Å². The molecule has 0 amide bonds. The number of benzene rings is 1. The summed E-state index contributed by atoms with van der Waals surface area (Å²) in [5, 5.41) is 9.72. The van der Waals surface area contributed by atoms with Crippen molar-refractivity contribution in [2.75, 3.05) is 26.2 Å². The first-order valence-electron chi connectivity index (χ1n) is 6.66. The van der Waals surface area contributed by atoms with Crippen LogP contribution in [-0.2, 0) is 0 Å². The van der Waals surface area contributed by atoms with E-state index in [1.807, 2.05) is 19.1 Å². The maximum Gasteiger partial charge on any atom is 0.161 e. The predicted molar refractivity (Wildman–Crippen MR) is 71.9 cm³/mol. The van der Waals surface area contributed by atoms with Crippen LogP contribution >= 0.6 is 0 Å². The third-order valence-electron chi connectivity index (χ3n) is 3.47. The van der Waals surface area contributed by atoms with Crippen LogP contribution in [0.4, 0.5) is 0 Å². The van der Waals surface area contributed by atoms with Crippen LogP contribution in [0.15, 0.2) is 18.2 Å². The molecule has 1 aliphatic rings. The van der Waals surface area contributed by atoms with Crippen molar-refractivity contribution >= 4 is 0 Å². The van der Waals surface area contributed by atoms with Gasteiger partial charge in [-0.1, -0.05) is 6.07 Å². The molecule has 1 unspecified atom stereocenters. The van der Waals surface area contributed by atoms with Crippen LogP contribution in [0, 0.1) is 0 Å². The maximum absolute atomic E-state index is 9.72. The fraction of sp³-hybridized carbons (Fsp3) is 0.571. The van der Waals surface area contributed by atoms with Crippen molar-refractivity contribution in [2.24, 2.45) is 5.73 Å². The maximum atomic E-state index is 9.72. The van der Waals surface area contributed by atoms with Gasteiger partial charge in [-0.05, 0) is 50.6 Å². The molecule has 1 heterocycles. The van der Waals surface area contributed by atoms with Crippen LogP contribution in [0.5, 0.6) is 11.5 Å². The minimum atomic E-state index is 0.192. The Hall–Kier alpha value is -1.26. The quantitative estimate of drug-likeness (QED) is 0.838. The summed E-state index contributed by atoms with van der Waals surface area (Å²) in [6, 6.07) is 5.77. The number of aromatic hydroxyl groups is 1. The number of phenols is 1. The van der Waals surface area contributed by atoms with E-state index in [-0.39, 0.29) is 11.8 Å². The summed E-state index contributed by atoms with van der Waals surface area (Å²) in [7, 11) is 0. The number of hydrogen-bond donors (Lipinski definition) is 2. The number of nitrogens with zero attached hydrogens (tertiary/aromatic N) is 1. The van der Waals surface area contributed by atoms with Gasteiger partial charge in [-0.25, -0.2) is 0 Å². The molecular weight excluding hydrogens is 228 g/mol. The van der Waals surface area contributed by atoms with Gasteiger partial charge in [0.05, 0.1) is 6.61 Å². The van der Waals surface area contributed by atoms with Crippen LogP contribution in [0.3, 0.4) is 0 Å². The Morgan fingerprint density at radius 2 is 2.11 bits per heavy atom. The first-order chi connectivity index (χ1) is 8.76. The Kier molecular flexibility index (Phi) is 4.44. The monoisotopic (exact) mass is 250 g/mol. The fourth-order valence-corrected chi connectivity index (χ4v) is 2.56. The van der Waals surface area contributed by atoms with Gasteiger partial charge in [0.15, 0.2) is 11.5 Å². The predicted octanol–water partition coefficient (Wildman–Crippen LogP) is 1.89. The van der Waals surface area contributed by atoms with Crippen LogP contribution < -0.4 is 10.5 Å². The molecule has 0 bridgehead atoms. The van der Waals surface area contributed by atoms with Gasteiger partial charge in [0.2, 0.25) is 0 Å². The Morgan fingerprint density at radius 3 is 2.72 bits per heavy atom. The number of hydrogen-bond acceptors (Lipinski definition) is 4. The second kappa shape index (κ2) is 6.07. The second-order valence-corrected chi connectivity index (χ2v) is 4.65. The molecule has 100 valence electrons. The number of nitrogens with two attached hydrogens (primary N) is 1. The Balaban J connectivity index is 2.21. The normalized spacial score (nSPS) is 17.9. The van der Waals surface area contributed by atoms with Crippen LogP contribution in [0.2, 0.25) is 0 Å². The Morgan fingerprint density at radius 1 is 1.39 bits per heavy atom. The lowest BCUT2D eigenvalue weighted by Crippen LogP contribution is -2.31. The molecule has 18 heavy (non-hydrogen) atoms. The molecule has 3 N–H and O–H groups in total. The molecular formula is C14H22N2O2. The van der Waals surface area contributed by atoms with Gasteiger partial charge >= 0.3 is 0 Å². The first kappa shape index (κ1) is 13.2. The van der Waals surface area contributed by atoms with E-state index in [1.54, 1.807) is 6.07 Å². The molecule has 1 aliphatic heterocycles. The van der Waals surface area contributed by atoms with Crippen molar-refractivity contribution in [1.29, 1.82) is 0 Å². The van der Waals surface area contributed by atoms with Crippen LogP contribution in [-0.4, -0.2) is 36.2 Å². The zero-order chi connectivity index (χ0) is 13.0. The standard InChI is InChI=1S/C14H22N2O2/c1-2-18-14-9-11(5-6-13(14)17)12(10-15)16-7-3-4-8-16/h5-6,9,12,17H,2-4,7-8,10,15H2,1H3. The highest BCUT2D eigenvalue weighted by Gasteiger charge is 2.22. The Bertz CT molecular complexity index is 389. The number of phenolic OH excluding ortho intramolecular Hbond substituents is 1. The molecule has 0 spiro atoms. The highest BCUT2D eigenvalue weighted by Crippen LogP contribution is 2.32. The van der Waals surface area contributed by atoms with Gasteiger partial charge in [0.1, 0.15) is 0 Å². The first-order valence-corrected chi connectivity index (χ1v) is 6.66. The van der Waals surface area contributed by atoms with E-state index in [0.717, 1.165) is 18.7 Å².